The third-order valence-corrected chi connectivity index (χ3v) is 10.3. The highest BCUT2D eigenvalue weighted by Gasteiger charge is 2.27. The minimum absolute atomic E-state index is 0.0395. The van der Waals surface area contributed by atoms with Crippen molar-refractivity contribution in [2.45, 2.75) is 0 Å². The Morgan fingerprint density at radius 2 is 1.13 bits per heavy atom. The maximum Gasteiger partial charge on any atom is 0.200 e. The smallest absolute Gasteiger partial charge is 0.200 e. The van der Waals surface area contributed by atoms with E-state index >= 15 is 0 Å². The number of para-hydroxylation sites is 3. The Bertz CT molecular complexity index is 3090. The van der Waals surface area contributed by atoms with Gasteiger partial charge in [-0.25, -0.2) is 0 Å². The van der Waals surface area contributed by atoms with Crippen LogP contribution in [0.3, 0.4) is 0 Å². The van der Waals surface area contributed by atoms with Gasteiger partial charge < -0.3 is 18.6 Å². The Morgan fingerprint density at radius 3 is 1.87 bits per heavy atom. The number of allylic oxidation sites excluding steroid dienone is 3. The van der Waals surface area contributed by atoms with Crippen molar-refractivity contribution in [2.75, 3.05) is 4.90 Å². The zero-order valence-electron chi connectivity index (χ0n) is 29.2. The minimum Gasteiger partial charge on any atom is -0.456 e. The monoisotopic (exact) mass is 696 g/mol. The van der Waals surface area contributed by atoms with E-state index in [0.717, 1.165) is 56.3 Å². The van der Waals surface area contributed by atoms with Crippen LogP contribution >= 0.6 is 0 Å². The van der Waals surface area contributed by atoms with Crippen LogP contribution < -0.4 is 15.1 Å². The molecular weight excluding hydrogens is 665 g/mol. The van der Waals surface area contributed by atoms with Crippen LogP contribution in [0.1, 0.15) is 0 Å². The van der Waals surface area contributed by atoms with Crippen molar-refractivity contribution in [1.82, 2.24) is 4.57 Å². The first-order chi connectivity index (χ1) is 26.6. The lowest BCUT2D eigenvalue weighted by atomic mass is 9.99. The average Bonchev–Trinajstić information content (AvgIpc) is 3.55. The standard InChI is InChI=1S/C49H32N2O3/c1-3-12-35(4-2)50-43-25-21-33(31-20-24-42-40(27-31)37-15-8-10-17-41(37)51(42)36-13-6-5-7-14-36)29-47(43)54-48-30-34(22-26-44(48)50)32-19-23-39-46(28-32)53-45-18-11-9-16-38(45)49(39)52/h3-30H,1-2H2/b35-12+. The third-order valence-electron chi connectivity index (χ3n) is 10.3. The van der Waals surface area contributed by atoms with Crippen LogP contribution in [-0.4, -0.2) is 4.57 Å². The molecule has 0 amide bonds. The molecule has 256 valence electrons. The number of anilines is 2. The van der Waals surface area contributed by atoms with Crippen molar-refractivity contribution in [3.8, 4) is 39.4 Å². The Kier molecular flexibility index (Phi) is 7.20. The molecule has 0 atom stereocenters. The van der Waals surface area contributed by atoms with Gasteiger partial charge in [0.05, 0.1) is 33.2 Å². The van der Waals surface area contributed by atoms with Crippen LogP contribution in [0.5, 0.6) is 11.5 Å². The van der Waals surface area contributed by atoms with Gasteiger partial charge in [0.1, 0.15) is 11.2 Å². The van der Waals surface area contributed by atoms with Crippen LogP contribution in [0.25, 0.3) is 71.7 Å². The summed E-state index contributed by atoms with van der Waals surface area (Å²) in [5, 5.41) is 3.51. The molecule has 3 heterocycles. The zero-order chi connectivity index (χ0) is 36.3. The molecule has 7 aromatic carbocycles. The molecule has 1 aliphatic heterocycles. The number of rotatable bonds is 6. The first-order valence-electron chi connectivity index (χ1n) is 17.9. The van der Waals surface area contributed by atoms with E-state index in [1.807, 2.05) is 60.7 Å². The lowest BCUT2D eigenvalue weighted by Crippen LogP contribution is -2.19. The second-order valence-corrected chi connectivity index (χ2v) is 13.4. The van der Waals surface area contributed by atoms with Gasteiger partial charge >= 0.3 is 0 Å². The zero-order valence-corrected chi connectivity index (χ0v) is 29.2. The summed E-state index contributed by atoms with van der Waals surface area (Å²) in [6.45, 7) is 8.09. The SMILES string of the molecule is C=C/C=C(\C=C)N1c2ccc(-c3ccc4c(=O)c5ccccc5oc4c3)cc2Oc2cc(-c3ccc4c(c3)c3ccccc3n4-c3ccccc3)ccc21. The average molecular weight is 697 g/mol. The van der Waals surface area contributed by atoms with Gasteiger partial charge in [-0.15, -0.1) is 0 Å². The molecule has 0 fully saturated rings. The first-order valence-corrected chi connectivity index (χ1v) is 17.9. The molecule has 1 aliphatic rings. The van der Waals surface area contributed by atoms with Crippen molar-refractivity contribution in [1.29, 1.82) is 0 Å². The summed E-state index contributed by atoms with van der Waals surface area (Å²) in [6.07, 6.45) is 5.54. The van der Waals surface area contributed by atoms with Gasteiger partial charge in [0.15, 0.2) is 11.5 Å². The maximum atomic E-state index is 13.2. The summed E-state index contributed by atoms with van der Waals surface area (Å²) in [7, 11) is 0. The van der Waals surface area contributed by atoms with Crippen LogP contribution in [0.15, 0.2) is 198 Å². The van der Waals surface area contributed by atoms with E-state index in [2.05, 4.69) is 120 Å². The first kappa shape index (κ1) is 31.4. The molecule has 10 rings (SSSR count). The molecule has 54 heavy (non-hydrogen) atoms. The highest BCUT2D eigenvalue weighted by molar-refractivity contribution is 6.10. The summed E-state index contributed by atoms with van der Waals surface area (Å²) >= 11 is 0. The Morgan fingerprint density at radius 1 is 0.537 bits per heavy atom. The van der Waals surface area contributed by atoms with E-state index in [1.54, 1.807) is 12.1 Å². The largest absolute Gasteiger partial charge is 0.456 e. The fourth-order valence-electron chi connectivity index (χ4n) is 7.79. The molecule has 0 saturated carbocycles. The van der Waals surface area contributed by atoms with Gasteiger partial charge in [-0.05, 0) is 113 Å². The molecule has 0 bridgehead atoms. The lowest BCUT2D eigenvalue weighted by molar-refractivity contribution is 0.476. The summed E-state index contributed by atoms with van der Waals surface area (Å²) in [5.41, 5.74) is 11.1. The van der Waals surface area contributed by atoms with Crippen LogP contribution in [-0.2, 0) is 0 Å². The molecule has 0 unspecified atom stereocenters. The van der Waals surface area contributed by atoms with Gasteiger partial charge in [-0.3, -0.25) is 4.79 Å². The van der Waals surface area contributed by atoms with Gasteiger partial charge in [-0.1, -0.05) is 92.0 Å². The fraction of sp³-hybridized carbons (Fsp3) is 0. The molecule has 9 aromatic rings. The quantitative estimate of drug-likeness (QED) is 0.128. The van der Waals surface area contributed by atoms with Crippen molar-refractivity contribution >= 4 is 55.1 Å². The summed E-state index contributed by atoms with van der Waals surface area (Å²) in [5.74, 6) is 1.41. The molecule has 2 aromatic heterocycles. The van der Waals surface area contributed by atoms with E-state index in [-0.39, 0.29) is 5.43 Å². The number of benzene rings is 7. The summed E-state index contributed by atoms with van der Waals surface area (Å²) < 4.78 is 15.3. The highest BCUT2D eigenvalue weighted by atomic mass is 16.5. The molecule has 5 nitrogen and oxygen atoms in total. The van der Waals surface area contributed by atoms with Gasteiger partial charge in [-0.2, -0.15) is 0 Å². The molecule has 0 spiro atoms. The second-order valence-electron chi connectivity index (χ2n) is 13.4. The van der Waals surface area contributed by atoms with E-state index in [9.17, 15) is 4.79 Å². The maximum absolute atomic E-state index is 13.2. The number of hydrogen-bond acceptors (Lipinski definition) is 4. The van der Waals surface area contributed by atoms with Crippen molar-refractivity contribution in [3.05, 3.63) is 199 Å². The van der Waals surface area contributed by atoms with Crippen LogP contribution in [0.4, 0.5) is 11.4 Å². The number of hydrogen-bond donors (Lipinski definition) is 0. The van der Waals surface area contributed by atoms with Crippen LogP contribution in [0, 0.1) is 0 Å². The van der Waals surface area contributed by atoms with E-state index in [1.165, 1.54) is 16.3 Å². The fourth-order valence-corrected chi connectivity index (χ4v) is 7.79. The Hall–Kier alpha value is -7.37. The Balaban J connectivity index is 1.09. The highest BCUT2D eigenvalue weighted by Crippen LogP contribution is 2.51. The van der Waals surface area contributed by atoms with Crippen molar-refractivity contribution in [2.24, 2.45) is 0 Å². The van der Waals surface area contributed by atoms with Crippen LogP contribution in [0.2, 0.25) is 0 Å². The predicted molar refractivity (Wildman–Crippen MR) is 222 cm³/mol. The predicted octanol–water partition coefficient (Wildman–Crippen LogP) is 12.9. The normalized spacial score (nSPS) is 12.5. The molecule has 0 saturated heterocycles. The minimum atomic E-state index is -0.0395. The molecule has 0 aliphatic carbocycles. The van der Waals surface area contributed by atoms with Crippen molar-refractivity contribution in [3.63, 3.8) is 0 Å². The summed E-state index contributed by atoms with van der Waals surface area (Å²) in [6, 6.07) is 51.3. The second kappa shape index (κ2) is 12.4. The lowest BCUT2D eigenvalue weighted by Gasteiger charge is -2.34. The molecule has 5 heteroatoms. The van der Waals surface area contributed by atoms with E-state index < -0.39 is 0 Å². The van der Waals surface area contributed by atoms with Gasteiger partial charge in [0, 0.05) is 22.2 Å². The third kappa shape index (κ3) is 4.90. The van der Waals surface area contributed by atoms with Gasteiger partial charge in [0.25, 0.3) is 0 Å². The topological polar surface area (TPSA) is 47.6 Å². The Labute approximate surface area is 311 Å². The van der Waals surface area contributed by atoms with Crippen molar-refractivity contribution < 1.29 is 9.15 Å². The van der Waals surface area contributed by atoms with E-state index in [4.69, 9.17) is 9.15 Å². The number of nitrogens with zero attached hydrogens (tertiary/aromatic N) is 2. The van der Waals surface area contributed by atoms with Gasteiger partial charge in [0.2, 0.25) is 5.43 Å². The molecular formula is C49H32N2O3. The number of ether oxygens (including phenoxy) is 1. The number of aromatic nitrogens is 1. The molecule has 0 radical (unpaired) electrons. The molecule has 0 N–H and O–H groups in total. The number of fused-ring (bicyclic) bond motifs is 7. The summed E-state index contributed by atoms with van der Waals surface area (Å²) in [4.78, 5) is 15.4. The van der Waals surface area contributed by atoms with E-state index in [0.29, 0.717) is 27.7 Å².